The highest BCUT2D eigenvalue weighted by Crippen LogP contribution is 2.15. The van der Waals surface area contributed by atoms with Crippen molar-refractivity contribution in [1.82, 2.24) is 9.97 Å². The summed E-state index contributed by atoms with van der Waals surface area (Å²) in [5, 5.41) is 0. The molecule has 1 heterocycles. The number of hydrogen-bond donors (Lipinski definition) is 0. The summed E-state index contributed by atoms with van der Waals surface area (Å²) in [6.07, 6.45) is 3.17. The van der Waals surface area contributed by atoms with Crippen LogP contribution in [0.1, 0.15) is 18.9 Å². The van der Waals surface area contributed by atoms with E-state index in [2.05, 4.69) is 9.97 Å². The Morgan fingerprint density at radius 1 is 1.33 bits per heavy atom. The van der Waals surface area contributed by atoms with E-state index >= 15 is 0 Å². The summed E-state index contributed by atoms with van der Waals surface area (Å²) in [7, 11) is -2.00. The van der Waals surface area contributed by atoms with Gasteiger partial charge in [0.25, 0.3) is 10.1 Å². The Kier molecular flexibility index (Phi) is 3.59. The second kappa shape index (κ2) is 4.54. The van der Waals surface area contributed by atoms with E-state index in [9.17, 15) is 8.42 Å². The second-order valence-electron chi connectivity index (χ2n) is 2.92. The fourth-order valence-corrected chi connectivity index (χ4v) is 1.56. The molecule has 1 atom stereocenters. The van der Waals surface area contributed by atoms with Crippen molar-refractivity contribution in [1.29, 1.82) is 0 Å². The zero-order valence-electron chi connectivity index (χ0n) is 8.67. The zero-order chi connectivity index (χ0) is 11.5. The first-order valence-electron chi connectivity index (χ1n) is 4.16. The quantitative estimate of drug-likeness (QED) is 0.704. The maximum Gasteiger partial charge on any atom is 0.265 e. The van der Waals surface area contributed by atoms with E-state index in [1.54, 1.807) is 6.92 Å². The molecule has 0 fully saturated rings. The molecule has 0 spiro atoms. The number of rotatable bonds is 4. The van der Waals surface area contributed by atoms with E-state index < -0.39 is 16.2 Å². The van der Waals surface area contributed by atoms with Crippen molar-refractivity contribution in [3.05, 3.63) is 18.2 Å². The summed E-state index contributed by atoms with van der Waals surface area (Å²) in [6, 6.07) is 0. The molecule has 1 rings (SSSR count). The number of nitrogens with zero attached hydrogens (tertiary/aromatic N) is 2. The molecule has 0 saturated heterocycles. The van der Waals surface area contributed by atoms with Crippen molar-refractivity contribution >= 4 is 10.1 Å². The van der Waals surface area contributed by atoms with Crippen LogP contribution in [0.4, 0.5) is 0 Å². The largest absolute Gasteiger partial charge is 0.494 e. The molecule has 0 aliphatic carbocycles. The fraction of sp³-hybridized carbons (Fsp3) is 0.500. The van der Waals surface area contributed by atoms with E-state index in [0.29, 0.717) is 11.6 Å². The average Bonchev–Trinajstić information content (AvgIpc) is 2.15. The Labute approximate surface area is 88.4 Å². The van der Waals surface area contributed by atoms with Crippen molar-refractivity contribution in [3.63, 3.8) is 0 Å². The number of ether oxygens (including phenoxy) is 1. The third-order valence-corrected chi connectivity index (χ3v) is 2.20. The molecule has 15 heavy (non-hydrogen) atoms. The maximum absolute atomic E-state index is 10.8. The number of aromatic nitrogens is 2. The van der Waals surface area contributed by atoms with E-state index in [0.717, 1.165) is 6.26 Å². The van der Waals surface area contributed by atoms with Crippen LogP contribution in [-0.4, -0.2) is 31.8 Å². The lowest BCUT2D eigenvalue weighted by Gasteiger charge is -2.09. The first-order chi connectivity index (χ1) is 6.92. The molecule has 0 N–H and O–H groups in total. The summed E-state index contributed by atoms with van der Waals surface area (Å²) in [4.78, 5) is 7.82. The lowest BCUT2D eigenvalue weighted by Crippen LogP contribution is -2.10. The SMILES string of the molecule is COc1cnc(C(C)OS(C)(=O)=O)nc1. The van der Waals surface area contributed by atoms with Crippen LogP contribution in [0.15, 0.2) is 12.4 Å². The summed E-state index contributed by atoms with van der Waals surface area (Å²) >= 11 is 0. The Morgan fingerprint density at radius 2 is 1.87 bits per heavy atom. The van der Waals surface area contributed by atoms with Crippen molar-refractivity contribution < 1.29 is 17.3 Å². The van der Waals surface area contributed by atoms with E-state index in [-0.39, 0.29) is 0 Å². The predicted molar refractivity (Wildman–Crippen MR) is 52.9 cm³/mol. The molecule has 0 aromatic carbocycles. The van der Waals surface area contributed by atoms with Gasteiger partial charge in [0.1, 0.15) is 6.10 Å². The summed E-state index contributed by atoms with van der Waals surface area (Å²) in [5.74, 6) is 0.798. The van der Waals surface area contributed by atoms with Gasteiger partial charge in [-0.2, -0.15) is 8.42 Å². The van der Waals surface area contributed by atoms with Crippen LogP contribution >= 0.6 is 0 Å². The molecular formula is C8H12N2O4S. The minimum atomic E-state index is -3.50. The van der Waals surface area contributed by atoms with Gasteiger partial charge in [0.15, 0.2) is 11.6 Å². The van der Waals surface area contributed by atoms with Crippen LogP contribution in [0.25, 0.3) is 0 Å². The highest BCUT2D eigenvalue weighted by molar-refractivity contribution is 7.86. The van der Waals surface area contributed by atoms with Gasteiger partial charge in [-0.1, -0.05) is 0 Å². The Bertz CT molecular complexity index is 415. The standard InChI is InChI=1S/C8H12N2O4S/c1-6(14-15(3,11)12)8-9-4-7(13-2)5-10-8/h4-6H,1-3H3. The highest BCUT2D eigenvalue weighted by Gasteiger charge is 2.14. The highest BCUT2D eigenvalue weighted by atomic mass is 32.2. The molecular weight excluding hydrogens is 220 g/mol. The molecule has 0 bridgehead atoms. The third-order valence-electron chi connectivity index (χ3n) is 1.57. The Morgan fingerprint density at radius 3 is 2.27 bits per heavy atom. The molecule has 6 nitrogen and oxygen atoms in total. The van der Waals surface area contributed by atoms with Gasteiger partial charge in [-0.3, -0.25) is 4.18 Å². The van der Waals surface area contributed by atoms with Gasteiger partial charge < -0.3 is 4.74 Å². The van der Waals surface area contributed by atoms with Crippen molar-refractivity contribution in [2.45, 2.75) is 13.0 Å². The zero-order valence-corrected chi connectivity index (χ0v) is 9.48. The molecule has 0 radical (unpaired) electrons. The van der Waals surface area contributed by atoms with E-state index in [1.807, 2.05) is 0 Å². The Hall–Kier alpha value is -1.21. The van der Waals surface area contributed by atoms with Gasteiger partial charge in [-0.05, 0) is 6.92 Å². The predicted octanol–water partition coefficient (Wildman–Crippen LogP) is 0.522. The first kappa shape index (κ1) is 11.9. The minimum Gasteiger partial charge on any atom is -0.494 e. The molecule has 0 aliphatic rings. The van der Waals surface area contributed by atoms with Crippen molar-refractivity contribution in [2.24, 2.45) is 0 Å². The van der Waals surface area contributed by atoms with Crippen LogP contribution in [0.2, 0.25) is 0 Å². The first-order valence-corrected chi connectivity index (χ1v) is 5.98. The fourth-order valence-electron chi connectivity index (χ4n) is 0.947. The van der Waals surface area contributed by atoms with Crippen LogP contribution < -0.4 is 4.74 Å². The molecule has 0 amide bonds. The average molecular weight is 232 g/mol. The van der Waals surface area contributed by atoms with E-state index in [4.69, 9.17) is 8.92 Å². The van der Waals surface area contributed by atoms with Crippen LogP contribution in [0, 0.1) is 0 Å². The third kappa shape index (κ3) is 3.80. The Balaban J connectivity index is 2.78. The summed E-state index contributed by atoms with van der Waals surface area (Å²) in [5.41, 5.74) is 0. The van der Waals surface area contributed by atoms with Gasteiger partial charge in [-0.15, -0.1) is 0 Å². The number of hydrogen-bond acceptors (Lipinski definition) is 6. The van der Waals surface area contributed by atoms with Crippen molar-refractivity contribution in [3.8, 4) is 5.75 Å². The second-order valence-corrected chi connectivity index (χ2v) is 4.52. The van der Waals surface area contributed by atoms with Gasteiger partial charge in [0.05, 0.1) is 25.8 Å². The van der Waals surface area contributed by atoms with Gasteiger partial charge in [0.2, 0.25) is 0 Å². The molecule has 1 aromatic heterocycles. The van der Waals surface area contributed by atoms with Crippen LogP contribution in [0.3, 0.4) is 0 Å². The molecule has 84 valence electrons. The van der Waals surface area contributed by atoms with Crippen LogP contribution in [0.5, 0.6) is 5.75 Å². The number of methoxy groups -OCH3 is 1. The van der Waals surface area contributed by atoms with Gasteiger partial charge in [0, 0.05) is 0 Å². The normalized spacial score (nSPS) is 13.5. The van der Waals surface area contributed by atoms with Gasteiger partial charge >= 0.3 is 0 Å². The minimum absolute atomic E-state index is 0.293. The lowest BCUT2D eigenvalue weighted by molar-refractivity contribution is 0.225. The van der Waals surface area contributed by atoms with Gasteiger partial charge in [-0.25, -0.2) is 9.97 Å². The monoisotopic (exact) mass is 232 g/mol. The summed E-state index contributed by atoms with van der Waals surface area (Å²) < 4.78 is 31.2. The molecule has 0 aliphatic heterocycles. The molecule has 1 aromatic rings. The molecule has 7 heteroatoms. The molecule has 1 unspecified atom stereocenters. The lowest BCUT2D eigenvalue weighted by atomic mass is 10.4. The maximum atomic E-state index is 10.8. The topological polar surface area (TPSA) is 78.4 Å². The van der Waals surface area contributed by atoms with Crippen molar-refractivity contribution in [2.75, 3.05) is 13.4 Å². The summed E-state index contributed by atoms with van der Waals surface area (Å²) in [6.45, 7) is 1.56. The van der Waals surface area contributed by atoms with Crippen LogP contribution in [-0.2, 0) is 14.3 Å². The smallest absolute Gasteiger partial charge is 0.265 e. The molecule has 0 saturated carbocycles. The van der Waals surface area contributed by atoms with E-state index in [1.165, 1.54) is 19.5 Å².